The Morgan fingerprint density at radius 2 is 2.16 bits per heavy atom. The van der Waals surface area contributed by atoms with E-state index in [0.29, 0.717) is 5.90 Å². The van der Waals surface area contributed by atoms with Crippen LogP contribution < -0.4 is 10.2 Å². The summed E-state index contributed by atoms with van der Waals surface area (Å²) in [5.74, 6) is 0.710. The molecule has 1 aromatic heterocycles. The van der Waals surface area contributed by atoms with Gasteiger partial charge in [-0.15, -0.1) is 11.3 Å². The Morgan fingerprint density at radius 1 is 1.32 bits per heavy atom. The largest absolute Gasteiger partial charge is 0.439 e. The number of rotatable bonds is 2. The van der Waals surface area contributed by atoms with Gasteiger partial charge >= 0.3 is 0 Å². The molecule has 0 saturated carbocycles. The first-order valence-electron chi connectivity index (χ1n) is 5.73. The summed E-state index contributed by atoms with van der Waals surface area (Å²) < 4.78 is 5.89. The molecule has 0 aliphatic carbocycles. The highest BCUT2D eigenvalue weighted by atomic mass is 79.9. The number of hydrogen-bond acceptors (Lipinski definition) is 4. The average molecular weight is 355 g/mol. The summed E-state index contributed by atoms with van der Waals surface area (Å²) in [6, 6.07) is 10.3. The number of benzene rings is 1. The van der Waals surface area contributed by atoms with Gasteiger partial charge in [-0.25, -0.2) is 4.99 Å². The molecule has 2 aromatic rings. The van der Waals surface area contributed by atoms with Crippen LogP contribution in [0.4, 0.5) is 11.4 Å². The lowest BCUT2D eigenvalue weighted by Gasteiger charge is -2.22. The molecule has 0 amide bonds. The summed E-state index contributed by atoms with van der Waals surface area (Å²) >= 11 is 5.27. The van der Waals surface area contributed by atoms with Crippen LogP contribution in [-0.2, 0) is 4.52 Å². The fraction of sp³-hybridized carbons (Fsp3) is 0.154. The van der Waals surface area contributed by atoms with Crippen LogP contribution in [0.2, 0.25) is 0 Å². The average Bonchev–Trinajstić information content (AvgIpc) is 2.91. The fourth-order valence-corrected chi connectivity index (χ4v) is 4.68. The monoisotopic (exact) mass is 354 g/mol. The van der Waals surface area contributed by atoms with E-state index in [4.69, 9.17) is 4.52 Å². The highest BCUT2D eigenvalue weighted by molar-refractivity contribution is 9.39. The quantitative estimate of drug-likeness (QED) is 0.753. The maximum absolute atomic E-state index is 5.89. The molecule has 3 nitrogen and oxygen atoms in total. The Kier molecular flexibility index (Phi) is 3.61. The molecular weight excluding hydrogens is 343 g/mol. The van der Waals surface area contributed by atoms with Gasteiger partial charge in [0.1, 0.15) is 0 Å². The lowest BCUT2D eigenvalue weighted by molar-refractivity contribution is 0.634. The second-order valence-electron chi connectivity index (χ2n) is 4.30. The van der Waals surface area contributed by atoms with E-state index in [0.717, 1.165) is 21.6 Å². The molecule has 0 spiro atoms. The van der Waals surface area contributed by atoms with Crippen molar-refractivity contribution in [1.82, 2.24) is 0 Å². The minimum Gasteiger partial charge on any atom is -0.439 e. The zero-order valence-electron chi connectivity index (χ0n) is 10.5. The van der Waals surface area contributed by atoms with Gasteiger partial charge < -0.3 is 9.42 Å². The molecule has 1 atom stereocenters. The Hall–Kier alpha value is -0.900. The van der Waals surface area contributed by atoms with Crippen LogP contribution in [-0.4, -0.2) is 20.0 Å². The van der Waals surface area contributed by atoms with Crippen molar-refractivity contribution < 1.29 is 4.52 Å². The van der Waals surface area contributed by atoms with Crippen LogP contribution in [0.5, 0.6) is 0 Å². The minimum absolute atomic E-state index is 0.710. The molecule has 0 N–H and O–H groups in total. The Morgan fingerprint density at radius 3 is 2.84 bits per heavy atom. The third-order valence-corrected chi connectivity index (χ3v) is 6.31. The number of hydrogen-bond donors (Lipinski definition) is 0. The normalized spacial score (nSPS) is 17.4. The van der Waals surface area contributed by atoms with Crippen LogP contribution >= 0.6 is 33.7 Å². The summed E-state index contributed by atoms with van der Waals surface area (Å²) in [4.78, 5) is 7.78. The number of fused-ring (bicyclic) bond motifs is 1. The maximum atomic E-state index is 5.89. The first kappa shape index (κ1) is 13.1. The molecule has 98 valence electrons. The second-order valence-corrected chi connectivity index (χ2v) is 8.33. The Balaban J connectivity index is 2.07. The molecule has 19 heavy (non-hydrogen) atoms. The standard InChI is InChI=1S/C13H12BrN2OPS/c1-16(2)9-5-6-11-10(8-9)15-13(17-18(11)14)12-4-3-7-19-12/h3-8H,1-2H3. The highest BCUT2D eigenvalue weighted by Crippen LogP contribution is 2.50. The van der Waals surface area contributed by atoms with Crippen LogP contribution in [0.25, 0.3) is 0 Å². The van der Waals surface area contributed by atoms with Crippen molar-refractivity contribution in [2.75, 3.05) is 19.0 Å². The number of aliphatic imine (C=N–C) groups is 1. The van der Waals surface area contributed by atoms with E-state index in [9.17, 15) is 0 Å². The summed E-state index contributed by atoms with van der Waals surface area (Å²) in [6.07, 6.45) is 0. The fourth-order valence-electron chi connectivity index (χ4n) is 1.78. The summed E-state index contributed by atoms with van der Waals surface area (Å²) in [5, 5.41) is 3.16. The molecule has 1 unspecified atom stereocenters. The van der Waals surface area contributed by atoms with Crippen LogP contribution in [0.15, 0.2) is 40.7 Å². The van der Waals surface area contributed by atoms with Crippen molar-refractivity contribution >= 4 is 56.3 Å². The predicted molar refractivity (Wildman–Crippen MR) is 87.9 cm³/mol. The van der Waals surface area contributed by atoms with Gasteiger partial charge in [0.05, 0.1) is 15.9 Å². The molecule has 2 heterocycles. The summed E-state index contributed by atoms with van der Waals surface area (Å²) in [6.45, 7) is -0.813. The van der Waals surface area contributed by atoms with Gasteiger partial charge in [-0.05, 0) is 45.1 Å². The topological polar surface area (TPSA) is 24.8 Å². The van der Waals surface area contributed by atoms with Gasteiger partial charge in [0.2, 0.25) is 5.90 Å². The predicted octanol–water partition coefficient (Wildman–Crippen LogP) is 4.25. The van der Waals surface area contributed by atoms with E-state index in [2.05, 4.69) is 43.6 Å². The summed E-state index contributed by atoms with van der Waals surface area (Å²) in [7, 11) is 4.06. The molecule has 1 aliphatic rings. The van der Waals surface area contributed by atoms with E-state index in [1.807, 2.05) is 31.6 Å². The Bertz CT molecular complexity index is 628. The van der Waals surface area contributed by atoms with Crippen molar-refractivity contribution in [3.63, 3.8) is 0 Å². The van der Waals surface area contributed by atoms with E-state index in [1.165, 1.54) is 0 Å². The Labute approximate surface area is 125 Å². The van der Waals surface area contributed by atoms with Crippen molar-refractivity contribution in [2.24, 2.45) is 4.99 Å². The molecule has 6 heteroatoms. The zero-order chi connectivity index (χ0) is 13.4. The second kappa shape index (κ2) is 5.23. The van der Waals surface area contributed by atoms with E-state index >= 15 is 0 Å². The third kappa shape index (κ3) is 2.55. The molecule has 0 bridgehead atoms. The van der Waals surface area contributed by atoms with E-state index < -0.39 is 6.85 Å². The highest BCUT2D eigenvalue weighted by Gasteiger charge is 2.24. The molecule has 3 rings (SSSR count). The lowest BCUT2D eigenvalue weighted by Crippen LogP contribution is -2.14. The number of nitrogens with zero attached hydrogens (tertiary/aromatic N) is 2. The van der Waals surface area contributed by atoms with Gasteiger partial charge in [-0.2, -0.15) is 0 Å². The maximum Gasteiger partial charge on any atom is 0.235 e. The van der Waals surface area contributed by atoms with Crippen LogP contribution in [0.3, 0.4) is 0 Å². The van der Waals surface area contributed by atoms with Crippen molar-refractivity contribution in [3.05, 3.63) is 40.6 Å². The van der Waals surface area contributed by atoms with Gasteiger partial charge in [0.25, 0.3) is 0 Å². The lowest BCUT2D eigenvalue weighted by atomic mass is 10.2. The molecule has 1 aliphatic heterocycles. The van der Waals surface area contributed by atoms with Gasteiger partial charge in [0.15, 0.2) is 6.85 Å². The molecule has 1 aromatic carbocycles. The van der Waals surface area contributed by atoms with Crippen LogP contribution in [0, 0.1) is 0 Å². The smallest absolute Gasteiger partial charge is 0.235 e. The van der Waals surface area contributed by atoms with Gasteiger partial charge in [-0.1, -0.05) is 6.07 Å². The van der Waals surface area contributed by atoms with Crippen molar-refractivity contribution in [3.8, 4) is 0 Å². The first-order chi connectivity index (χ1) is 9.15. The van der Waals surface area contributed by atoms with Crippen molar-refractivity contribution in [1.29, 1.82) is 0 Å². The first-order valence-corrected chi connectivity index (χ1v) is 9.89. The van der Waals surface area contributed by atoms with Crippen molar-refractivity contribution in [2.45, 2.75) is 0 Å². The van der Waals surface area contributed by atoms with Crippen LogP contribution in [0.1, 0.15) is 4.88 Å². The number of thiophene rings is 1. The zero-order valence-corrected chi connectivity index (χ0v) is 13.8. The van der Waals surface area contributed by atoms with Gasteiger partial charge in [-0.3, -0.25) is 0 Å². The van der Waals surface area contributed by atoms with E-state index in [1.54, 1.807) is 11.3 Å². The molecule has 0 fully saturated rings. The molecular formula is C13H12BrN2OPS. The minimum atomic E-state index is -0.813. The SMILES string of the molecule is CN(C)c1ccc2c(c1)N=C(c1cccs1)OP2Br. The number of halogens is 1. The van der Waals surface area contributed by atoms with E-state index in [-0.39, 0.29) is 0 Å². The number of anilines is 1. The van der Waals surface area contributed by atoms with Gasteiger partial charge in [0, 0.05) is 19.8 Å². The molecule has 0 radical (unpaired) electrons. The molecule has 0 saturated heterocycles. The summed E-state index contributed by atoms with van der Waals surface area (Å²) in [5.41, 5.74) is 2.13. The third-order valence-electron chi connectivity index (χ3n) is 2.79.